The Bertz CT molecular complexity index is 1570. The number of para-hydroxylation sites is 1. The summed E-state index contributed by atoms with van der Waals surface area (Å²) in [5.41, 5.74) is 2.12. The maximum atomic E-state index is 13.8. The third-order valence-electron chi connectivity index (χ3n) is 7.19. The van der Waals surface area contributed by atoms with Crippen molar-refractivity contribution in [1.29, 1.82) is 0 Å². The summed E-state index contributed by atoms with van der Waals surface area (Å²) in [6.07, 6.45) is 3.46. The summed E-state index contributed by atoms with van der Waals surface area (Å²) >= 11 is 0. The molecule has 0 atom stereocenters. The zero-order chi connectivity index (χ0) is 25.5. The molecule has 8 heteroatoms. The Morgan fingerprint density at radius 1 is 0.784 bits per heavy atom. The van der Waals surface area contributed by atoms with Crippen LogP contribution in [0.3, 0.4) is 0 Å². The van der Waals surface area contributed by atoms with E-state index >= 15 is 0 Å². The first-order valence-electron chi connectivity index (χ1n) is 12.5. The van der Waals surface area contributed by atoms with Crippen LogP contribution in [0.2, 0.25) is 0 Å². The normalized spacial score (nSPS) is 15.9. The molecule has 3 heterocycles. The van der Waals surface area contributed by atoms with Gasteiger partial charge in [-0.25, -0.2) is 4.98 Å². The quantitative estimate of drug-likeness (QED) is 0.423. The number of fused-ring (bicyclic) bond motifs is 2. The summed E-state index contributed by atoms with van der Waals surface area (Å²) in [6.45, 7) is 2.34. The number of piperidine rings is 1. The van der Waals surface area contributed by atoms with Gasteiger partial charge in [0.2, 0.25) is 0 Å². The monoisotopic (exact) mass is 494 g/mol. The average molecular weight is 495 g/mol. The molecule has 1 fully saturated rings. The molecular weight excluding hydrogens is 468 g/mol. The molecule has 37 heavy (non-hydrogen) atoms. The highest BCUT2D eigenvalue weighted by atomic mass is 16.3. The molecule has 0 saturated carbocycles. The van der Waals surface area contributed by atoms with Crippen LogP contribution in [0.1, 0.15) is 51.4 Å². The topological polar surface area (TPSA) is 95.7 Å². The first-order chi connectivity index (χ1) is 18.0. The number of aromatic nitrogens is 2. The number of aromatic hydroxyl groups is 1. The predicted molar refractivity (Wildman–Crippen MR) is 139 cm³/mol. The third kappa shape index (κ3) is 4.09. The van der Waals surface area contributed by atoms with E-state index in [1.165, 1.54) is 11.0 Å². The van der Waals surface area contributed by atoms with Gasteiger partial charge in [0, 0.05) is 12.1 Å². The van der Waals surface area contributed by atoms with E-state index in [1.807, 2.05) is 0 Å². The largest absolute Gasteiger partial charge is 0.508 e. The Balaban J connectivity index is 1.45. The number of carbonyl (C=O) groups is 2. The van der Waals surface area contributed by atoms with Gasteiger partial charge in [-0.2, -0.15) is 0 Å². The standard InChI is InChI=1S/C29H26N4O4/c34-25-13-12-20(16-19(25)17-31-14-6-1-7-15-31)33-26(30-24-11-5-4-10-23(24)29(33)37)18-32-27(35)21-8-2-3-9-22(21)28(32)36/h2-5,8-13,16,34H,1,6-7,14-15,17-18H2. The van der Waals surface area contributed by atoms with Crippen LogP contribution < -0.4 is 5.56 Å². The molecule has 3 aromatic carbocycles. The van der Waals surface area contributed by atoms with Crippen LogP contribution in [-0.2, 0) is 13.1 Å². The van der Waals surface area contributed by atoms with E-state index in [0.29, 0.717) is 39.8 Å². The lowest BCUT2D eigenvalue weighted by Crippen LogP contribution is -2.34. The number of hydrogen-bond donors (Lipinski definition) is 1. The van der Waals surface area contributed by atoms with Crippen LogP contribution in [-0.4, -0.2) is 49.4 Å². The van der Waals surface area contributed by atoms with Crippen molar-refractivity contribution in [3.8, 4) is 11.4 Å². The summed E-state index contributed by atoms with van der Waals surface area (Å²) in [5, 5.41) is 11.0. The van der Waals surface area contributed by atoms with Crippen molar-refractivity contribution < 1.29 is 14.7 Å². The van der Waals surface area contributed by atoms with Gasteiger partial charge in [-0.1, -0.05) is 30.7 Å². The first kappa shape index (κ1) is 23.1. The number of phenolic OH excluding ortho intramolecular Hbond substituents is 1. The Morgan fingerprint density at radius 2 is 1.46 bits per heavy atom. The summed E-state index contributed by atoms with van der Waals surface area (Å²) < 4.78 is 1.45. The first-order valence-corrected chi connectivity index (χ1v) is 12.5. The molecule has 2 aliphatic heterocycles. The van der Waals surface area contributed by atoms with Crippen LogP contribution in [0.25, 0.3) is 16.6 Å². The third-order valence-corrected chi connectivity index (χ3v) is 7.19. The van der Waals surface area contributed by atoms with E-state index in [-0.39, 0.29) is 23.7 Å². The van der Waals surface area contributed by atoms with Crippen molar-refractivity contribution in [3.05, 3.63) is 99.6 Å². The van der Waals surface area contributed by atoms with Gasteiger partial charge in [0.1, 0.15) is 11.6 Å². The number of benzene rings is 3. The van der Waals surface area contributed by atoms with Gasteiger partial charge in [-0.3, -0.25) is 28.8 Å². The number of carbonyl (C=O) groups excluding carboxylic acids is 2. The van der Waals surface area contributed by atoms with Gasteiger partial charge in [0.15, 0.2) is 0 Å². The SMILES string of the molecule is O=C1c2ccccc2C(=O)N1Cc1nc2ccccc2c(=O)n1-c1ccc(O)c(CN2CCCCC2)c1. The zero-order valence-corrected chi connectivity index (χ0v) is 20.3. The van der Waals surface area contributed by atoms with Crippen LogP contribution in [0, 0.1) is 0 Å². The van der Waals surface area contributed by atoms with E-state index in [4.69, 9.17) is 4.98 Å². The molecule has 1 N–H and O–H groups in total. The molecule has 4 aromatic rings. The molecule has 6 rings (SSSR count). The number of phenols is 1. The number of rotatable bonds is 5. The van der Waals surface area contributed by atoms with E-state index in [1.54, 1.807) is 66.7 Å². The van der Waals surface area contributed by atoms with Crippen molar-refractivity contribution >= 4 is 22.7 Å². The lowest BCUT2D eigenvalue weighted by Gasteiger charge is -2.27. The maximum absolute atomic E-state index is 13.8. The molecule has 0 unspecified atom stereocenters. The summed E-state index contributed by atoms with van der Waals surface area (Å²) in [5.74, 6) is -0.386. The molecule has 8 nitrogen and oxygen atoms in total. The Morgan fingerprint density at radius 3 is 2.19 bits per heavy atom. The lowest BCUT2D eigenvalue weighted by molar-refractivity contribution is 0.0637. The van der Waals surface area contributed by atoms with Crippen LogP contribution >= 0.6 is 0 Å². The summed E-state index contributed by atoms with van der Waals surface area (Å²) in [4.78, 5) is 48.1. The van der Waals surface area contributed by atoms with E-state index < -0.39 is 11.8 Å². The number of amides is 2. The second-order valence-electron chi connectivity index (χ2n) is 9.58. The minimum atomic E-state index is -0.411. The second kappa shape index (κ2) is 9.29. The molecule has 2 amide bonds. The summed E-state index contributed by atoms with van der Waals surface area (Å²) in [6, 6.07) is 18.8. The van der Waals surface area contributed by atoms with Crippen molar-refractivity contribution in [1.82, 2.24) is 19.4 Å². The lowest BCUT2D eigenvalue weighted by atomic mass is 10.1. The number of likely N-dealkylation sites (tertiary alicyclic amines) is 1. The molecule has 0 bridgehead atoms. The molecule has 0 aliphatic carbocycles. The van der Waals surface area contributed by atoms with Gasteiger partial charge < -0.3 is 5.11 Å². The fourth-order valence-corrected chi connectivity index (χ4v) is 5.27. The van der Waals surface area contributed by atoms with Crippen LogP contribution in [0.15, 0.2) is 71.5 Å². The fourth-order valence-electron chi connectivity index (χ4n) is 5.27. The molecular formula is C29H26N4O4. The Labute approximate surface area is 213 Å². The van der Waals surface area contributed by atoms with Crippen LogP contribution in [0.5, 0.6) is 5.75 Å². The van der Waals surface area contributed by atoms with Crippen molar-refractivity contribution in [2.75, 3.05) is 13.1 Å². The van der Waals surface area contributed by atoms with Gasteiger partial charge in [0.05, 0.1) is 34.3 Å². The van der Waals surface area contributed by atoms with E-state index in [9.17, 15) is 19.5 Å². The smallest absolute Gasteiger partial charge is 0.266 e. The molecule has 1 saturated heterocycles. The van der Waals surface area contributed by atoms with Crippen molar-refractivity contribution in [2.45, 2.75) is 32.4 Å². The van der Waals surface area contributed by atoms with Crippen molar-refractivity contribution in [3.63, 3.8) is 0 Å². The predicted octanol–water partition coefficient (Wildman–Crippen LogP) is 3.87. The van der Waals surface area contributed by atoms with E-state index in [0.717, 1.165) is 30.8 Å². The van der Waals surface area contributed by atoms with Gasteiger partial charge in [0.25, 0.3) is 17.4 Å². The number of hydrogen-bond acceptors (Lipinski definition) is 6. The molecule has 2 aliphatic rings. The Kier molecular flexibility index (Phi) is 5.81. The molecule has 186 valence electrons. The number of nitrogens with zero attached hydrogens (tertiary/aromatic N) is 4. The zero-order valence-electron chi connectivity index (χ0n) is 20.3. The Hall–Kier alpha value is -4.30. The van der Waals surface area contributed by atoms with E-state index in [2.05, 4.69) is 4.90 Å². The fraction of sp³-hybridized carbons (Fsp3) is 0.241. The summed E-state index contributed by atoms with van der Waals surface area (Å²) in [7, 11) is 0. The van der Waals surface area contributed by atoms with Gasteiger partial charge >= 0.3 is 0 Å². The minimum Gasteiger partial charge on any atom is -0.508 e. The maximum Gasteiger partial charge on any atom is 0.266 e. The minimum absolute atomic E-state index is 0.158. The highest BCUT2D eigenvalue weighted by Crippen LogP contribution is 2.27. The van der Waals surface area contributed by atoms with Crippen LogP contribution in [0.4, 0.5) is 0 Å². The average Bonchev–Trinajstić information content (AvgIpc) is 3.16. The second-order valence-corrected chi connectivity index (χ2v) is 9.58. The van der Waals surface area contributed by atoms with Crippen molar-refractivity contribution in [2.24, 2.45) is 0 Å². The van der Waals surface area contributed by atoms with Gasteiger partial charge in [-0.05, 0) is 68.4 Å². The highest BCUT2D eigenvalue weighted by molar-refractivity contribution is 6.21. The molecule has 1 aromatic heterocycles. The number of imide groups is 1. The van der Waals surface area contributed by atoms with Gasteiger partial charge in [-0.15, -0.1) is 0 Å². The molecule has 0 radical (unpaired) electrons. The highest BCUT2D eigenvalue weighted by Gasteiger charge is 2.36. The molecule has 0 spiro atoms.